The molecule has 0 saturated heterocycles. The van der Waals surface area contributed by atoms with Gasteiger partial charge in [0.05, 0.1) is 12.0 Å². The Bertz CT molecular complexity index is 287. The molecule has 0 bridgehead atoms. The first-order valence-electron chi connectivity index (χ1n) is 4.84. The van der Waals surface area contributed by atoms with Crippen molar-refractivity contribution in [3.05, 3.63) is 18.2 Å². The molecule has 0 unspecified atom stereocenters. The van der Waals surface area contributed by atoms with E-state index in [1.807, 2.05) is 6.33 Å². The zero-order chi connectivity index (χ0) is 9.31. The molecule has 0 spiro atoms. The highest BCUT2D eigenvalue weighted by molar-refractivity contribution is 9.08. The third-order valence-electron chi connectivity index (χ3n) is 3.08. The van der Waals surface area contributed by atoms with Gasteiger partial charge in [-0.25, -0.2) is 4.98 Å². The second-order valence-corrected chi connectivity index (χ2v) is 4.67. The summed E-state index contributed by atoms with van der Waals surface area (Å²) in [5, 5.41) is 0.857. The van der Waals surface area contributed by atoms with Crippen LogP contribution in [0.4, 0.5) is 0 Å². The maximum Gasteiger partial charge on any atom is 0.0954 e. The van der Waals surface area contributed by atoms with Crippen molar-refractivity contribution in [3.8, 4) is 0 Å². The molecule has 0 radical (unpaired) electrons. The Labute approximate surface area is 87.5 Å². The van der Waals surface area contributed by atoms with Crippen LogP contribution in [0.5, 0.6) is 0 Å². The Kier molecular flexibility index (Phi) is 2.45. The Balaban J connectivity index is 2.23. The number of alkyl halides is 1. The molecule has 0 N–H and O–H groups in total. The van der Waals surface area contributed by atoms with E-state index in [2.05, 4.69) is 38.6 Å². The molecule has 1 saturated carbocycles. The second kappa shape index (κ2) is 3.45. The molecule has 2 nitrogen and oxygen atoms in total. The van der Waals surface area contributed by atoms with Crippen LogP contribution in [-0.4, -0.2) is 9.55 Å². The van der Waals surface area contributed by atoms with E-state index in [1.165, 1.54) is 25.7 Å². The highest BCUT2D eigenvalue weighted by atomic mass is 79.9. The van der Waals surface area contributed by atoms with Gasteiger partial charge in [-0.05, 0) is 19.8 Å². The van der Waals surface area contributed by atoms with Gasteiger partial charge >= 0.3 is 0 Å². The maximum atomic E-state index is 4.34. The van der Waals surface area contributed by atoms with Crippen LogP contribution < -0.4 is 0 Å². The summed E-state index contributed by atoms with van der Waals surface area (Å²) in [6, 6.07) is 0. The lowest BCUT2D eigenvalue weighted by Gasteiger charge is -2.25. The third-order valence-corrected chi connectivity index (χ3v) is 3.65. The van der Waals surface area contributed by atoms with Crippen LogP contribution in [0, 0.1) is 0 Å². The molecule has 1 aliphatic rings. The minimum Gasteiger partial charge on any atom is -0.331 e. The summed E-state index contributed by atoms with van der Waals surface area (Å²) in [4.78, 5) is 4.34. The van der Waals surface area contributed by atoms with E-state index in [9.17, 15) is 0 Å². The van der Waals surface area contributed by atoms with Crippen LogP contribution in [0.2, 0.25) is 0 Å². The molecule has 0 aromatic carbocycles. The minimum absolute atomic E-state index is 0.341. The Hall–Kier alpha value is -0.310. The van der Waals surface area contributed by atoms with Gasteiger partial charge < -0.3 is 4.57 Å². The molecule has 1 aromatic rings. The topological polar surface area (TPSA) is 17.8 Å². The van der Waals surface area contributed by atoms with Crippen LogP contribution >= 0.6 is 15.9 Å². The highest BCUT2D eigenvalue weighted by Gasteiger charge is 2.30. The van der Waals surface area contributed by atoms with E-state index in [0.717, 1.165) is 11.0 Å². The zero-order valence-corrected chi connectivity index (χ0v) is 9.55. The van der Waals surface area contributed by atoms with Crippen molar-refractivity contribution in [3.63, 3.8) is 0 Å². The molecular formula is C10H15BrN2. The molecule has 2 rings (SSSR count). The van der Waals surface area contributed by atoms with Crippen molar-refractivity contribution < 1.29 is 0 Å². The first-order chi connectivity index (χ1) is 6.24. The van der Waals surface area contributed by atoms with Crippen molar-refractivity contribution in [2.75, 3.05) is 0 Å². The van der Waals surface area contributed by atoms with Gasteiger partial charge in [-0.2, -0.15) is 0 Å². The Morgan fingerprint density at radius 3 is 2.77 bits per heavy atom. The number of imidazole rings is 1. The lowest BCUT2D eigenvalue weighted by molar-refractivity contribution is 0.328. The van der Waals surface area contributed by atoms with E-state index >= 15 is 0 Å². The number of hydrogen-bond donors (Lipinski definition) is 0. The number of nitrogens with zero attached hydrogens (tertiary/aromatic N) is 2. The number of aromatic nitrogens is 2. The Morgan fingerprint density at radius 1 is 1.54 bits per heavy atom. The predicted molar refractivity (Wildman–Crippen MR) is 57.0 cm³/mol. The third kappa shape index (κ3) is 1.66. The largest absolute Gasteiger partial charge is 0.331 e. The summed E-state index contributed by atoms with van der Waals surface area (Å²) in [7, 11) is 0. The van der Waals surface area contributed by atoms with E-state index in [1.54, 1.807) is 0 Å². The lowest BCUT2D eigenvalue weighted by atomic mass is 10.0. The van der Waals surface area contributed by atoms with Gasteiger partial charge in [0.15, 0.2) is 0 Å². The van der Waals surface area contributed by atoms with Crippen LogP contribution in [0.25, 0.3) is 0 Å². The smallest absolute Gasteiger partial charge is 0.0954 e. The number of hydrogen-bond acceptors (Lipinski definition) is 1. The van der Waals surface area contributed by atoms with Crippen molar-refractivity contribution >= 4 is 15.9 Å². The molecule has 0 amide bonds. The maximum absolute atomic E-state index is 4.34. The van der Waals surface area contributed by atoms with Gasteiger partial charge in [0, 0.05) is 17.1 Å². The summed E-state index contributed by atoms with van der Waals surface area (Å²) >= 11 is 3.42. The molecular weight excluding hydrogens is 228 g/mol. The lowest BCUT2D eigenvalue weighted by Crippen LogP contribution is -2.24. The summed E-state index contributed by atoms with van der Waals surface area (Å²) in [6.07, 6.45) is 9.45. The summed E-state index contributed by atoms with van der Waals surface area (Å²) < 4.78 is 2.29. The van der Waals surface area contributed by atoms with Crippen LogP contribution in [0.15, 0.2) is 12.5 Å². The minimum atomic E-state index is 0.341. The molecule has 1 aromatic heterocycles. The molecule has 0 atom stereocenters. The van der Waals surface area contributed by atoms with Gasteiger partial charge in [0.2, 0.25) is 0 Å². The van der Waals surface area contributed by atoms with Gasteiger partial charge in [-0.3, -0.25) is 0 Å². The van der Waals surface area contributed by atoms with E-state index < -0.39 is 0 Å². The van der Waals surface area contributed by atoms with Gasteiger partial charge in [-0.1, -0.05) is 28.8 Å². The van der Waals surface area contributed by atoms with E-state index in [-0.39, 0.29) is 0 Å². The van der Waals surface area contributed by atoms with Crippen molar-refractivity contribution in [2.45, 2.75) is 43.5 Å². The van der Waals surface area contributed by atoms with E-state index in [4.69, 9.17) is 0 Å². The molecule has 72 valence electrons. The first kappa shape index (κ1) is 9.25. The molecule has 13 heavy (non-hydrogen) atoms. The second-order valence-electron chi connectivity index (χ2n) is 4.11. The van der Waals surface area contributed by atoms with Crippen molar-refractivity contribution in [1.29, 1.82) is 0 Å². The fourth-order valence-corrected chi connectivity index (χ4v) is 2.41. The number of halogens is 1. The molecule has 0 aliphatic heterocycles. The quantitative estimate of drug-likeness (QED) is 0.730. The average molecular weight is 243 g/mol. The van der Waals surface area contributed by atoms with Crippen LogP contribution in [0.3, 0.4) is 0 Å². The predicted octanol–water partition coefficient (Wildman–Crippen LogP) is 3.07. The summed E-state index contributed by atoms with van der Waals surface area (Å²) in [5.74, 6) is 0. The Morgan fingerprint density at radius 2 is 2.23 bits per heavy atom. The summed E-state index contributed by atoms with van der Waals surface area (Å²) in [5.41, 5.74) is 1.47. The molecule has 1 aliphatic carbocycles. The van der Waals surface area contributed by atoms with Gasteiger partial charge in [0.25, 0.3) is 0 Å². The average Bonchev–Trinajstić information content (AvgIpc) is 2.72. The van der Waals surface area contributed by atoms with Crippen LogP contribution in [0.1, 0.15) is 38.3 Å². The van der Waals surface area contributed by atoms with Crippen molar-refractivity contribution in [2.24, 2.45) is 0 Å². The molecule has 1 fully saturated rings. The van der Waals surface area contributed by atoms with Gasteiger partial charge in [0.1, 0.15) is 0 Å². The fraction of sp³-hybridized carbons (Fsp3) is 0.700. The zero-order valence-electron chi connectivity index (χ0n) is 7.96. The van der Waals surface area contributed by atoms with Gasteiger partial charge in [-0.15, -0.1) is 0 Å². The fourth-order valence-electron chi connectivity index (χ4n) is 2.12. The highest BCUT2D eigenvalue weighted by Crippen LogP contribution is 2.35. The number of rotatable bonds is 2. The van der Waals surface area contributed by atoms with Crippen LogP contribution in [-0.2, 0) is 10.9 Å². The SMILES string of the molecule is CC1(n2cnc(CBr)c2)CCCC1. The first-order valence-corrected chi connectivity index (χ1v) is 5.96. The van der Waals surface area contributed by atoms with E-state index in [0.29, 0.717) is 5.54 Å². The molecule has 3 heteroatoms. The monoisotopic (exact) mass is 242 g/mol. The molecule has 1 heterocycles. The standard InChI is InChI=1S/C10H15BrN2/c1-10(4-2-3-5-10)13-7-9(6-11)12-8-13/h7-8H,2-6H2,1H3. The normalized spacial score (nSPS) is 20.8. The van der Waals surface area contributed by atoms with Crippen molar-refractivity contribution in [1.82, 2.24) is 9.55 Å². The summed E-state index contributed by atoms with van der Waals surface area (Å²) in [6.45, 7) is 2.33.